The molecule has 6 N–H and O–H groups in total. The molecule has 3 rings (SSSR count). The number of piperidine rings is 1. The number of amidine groups is 1. The lowest BCUT2D eigenvalue weighted by atomic mass is 9.95. The van der Waals surface area contributed by atoms with Crippen LogP contribution in [0.15, 0.2) is 40.8 Å². The molecule has 0 amide bonds. The van der Waals surface area contributed by atoms with E-state index in [1.807, 2.05) is 11.5 Å². The molecule has 0 bridgehead atoms. The first kappa shape index (κ1) is 25.5. The van der Waals surface area contributed by atoms with E-state index in [0.29, 0.717) is 50.0 Å². The third-order valence-electron chi connectivity index (χ3n) is 6.16. The SMILES string of the molecule is CCC(C(N)=NC)=C(N)N1CCC(c2nc(-c3ccc(F)c(C(F)(F)F)c3)cn2CCN)CC1. The van der Waals surface area contributed by atoms with E-state index in [-0.39, 0.29) is 11.5 Å². The molecule has 2 heterocycles. The number of rotatable bonds is 7. The number of imidazole rings is 1. The summed E-state index contributed by atoms with van der Waals surface area (Å²) in [4.78, 5) is 10.8. The summed E-state index contributed by atoms with van der Waals surface area (Å²) in [6, 6.07) is 2.93. The summed E-state index contributed by atoms with van der Waals surface area (Å²) in [5.74, 6) is 0.555. The highest BCUT2D eigenvalue weighted by Gasteiger charge is 2.34. The summed E-state index contributed by atoms with van der Waals surface area (Å²) in [7, 11) is 1.62. The predicted octanol–water partition coefficient (Wildman–Crippen LogP) is 3.41. The first-order valence-electron chi connectivity index (χ1n) is 11.2. The van der Waals surface area contributed by atoms with Gasteiger partial charge in [-0.25, -0.2) is 9.37 Å². The van der Waals surface area contributed by atoms with Crippen LogP contribution in [0.2, 0.25) is 0 Å². The second-order valence-electron chi connectivity index (χ2n) is 8.25. The van der Waals surface area contributed by atoms with Gasteiger partial charge in [0, 0.05) is 56.5 Å². The minimum atomic E-state index is -4.79. The van der Waals surface area contributed by atoms with Gasteiger partial charge >= 0.3 is 6.18 Å². The molecule has 11 heteroatoms. The Bertz CT molecular complexity index is 1060. The monoisotopic (exact) mass is 481 g/mol. The fourth-order valence-corrected chi connectivity index (χ4v) is 4.31. The van der Waals surface area contributed by atoms with Crippen LogP contribution in [-0.2, 0) is 12.7 Å². The standard InChI is InChI=1S/C23H31F4N7/c1-3-16(20(29)31-2)21(30)33-9-6-14(7-10-33)22-32-19(13-34(22)11-8-28)15-4-5-18(24)17(12-15)23(25,26)27/h4-5,12-14H,3,6-11,28,30H2,1-2H3,(H2,29,31). The lowest BCUT2D eigenvalue weighted by Gasteiger charge is -2.34. The Kier molecular flexibility index (Phi) is 7.86. The third-order valence-corrected chi connectivity index (χ3v) is 6.16. The Morgan fingerprint density at radius 1 is 1.21 bits per heavy atom. The summed E-state index contributed by atoms with van der Waals surface area (Å²) in [6.45, 7) is 4.15. The Labute approximate surface area is 196 Å². The highest BCUT2D eigenvalue weighted by molar-refractivity contribution is 5.97. The van der Waals surface area contributed by atoms with Gasteiger partial charge in [-0.2, -0.15) is 13.2 Å². The number of nitrogens with zero attached hydrogens (tertiary/aromatic N) is 4. The zero-order valence-corrected chi connectivity index (χ0v) is 19.4. The molecule has 0 radical (unpaired) electrons. The van der Waals surface area contributed by atoms with Crippen molar-refractivity contribution in [3.8, 4) is 11.3 Å². The zero-order chi connectivity index (χ0) is 25.0. The lowest BCUT2D eigenvalue weighted by Crippen LogP contribution is -2.38. The molecule has 7 nitrogen and oxygen atoms in total. The van der Waals surface area contributed by atoms with Crippen LogP contribution in [0.25, 0.3) is 11.3 Å². The fourth-order valence-electron chi connectivity index (χ4n) is 4.31. The van der Waals surface area contributed by atoms with Gasteiger partial charge in [-0.3, -0.25) is 4.99 Å². The Morgan fingerprint density at radius 3 is 2.44 bits per heavy atom. The van der Waals surface area contributed by atoms with E-state index in [1.54, 1.807) is 13.2 Å². The quantitative estimate of drug-likeness (QED) is 0.319. The van der Waals surface area contributed by atoms with Crippen molar-refractivity contribution in [3.05, 3.63) is 53.0 Å². The Balaban J connectivity index is 1.86. The third kappa shape index (κ3) is 5.35. The van der Waals surface area contributed by atoms with Gasteiger partial charge in [-0.05, 0) is 37.5 Å². The maximum absolute atomic E-state index is 13.7. The topological polar surface area (TPSA) is 111 Å². The number of hydrogen-bond acceptors (Lipinski definition) is 5. The summed E-state index contributed by atoms with van der Waals surface area (Å²) in [5.41, 5.74) is 18.2. The molecule has 1 aromatic heterocycles. The van der Waals surface area contributed by atoms with Crippen molar-refractivity contribution < 1.29 is 17.6 Å². The van der Waals surface area contributed by atoms with Crippen LogP contribution in [0.1, 0.15) is 43.5 Å². The Hall–Kier alpha value is -3.08. The van der Waals surface area contributed by atoms with Gasteiger partial charge in [-0.1, -0.05) is 6.92 Å². The molecule has 0 unspecified atom stereocenters. The average Bonchev–Trinajstić information content (AvgIpc) is 3.23. The Morgan fingerprint density at radius 2 is 1.88 bits per heavy atom. The maximum atomic E-state index is 13.7. The number of aliphatic imine (C=N–C) groups is 1. The molecule has 1 aliphatic rings. The van der Waals surface area contributed by atoms with E-state index in [0.717, 1.165) is 36.4 Å². The van der Waals surface area contributed by atoms with Crippen molar-refractivity contribution in [2.45, 2.75) is 44.8 Å². The van der Waals surface area contributed by atoms with E-state index in [4.69, 9.17) is 17.2 Å². The molecule has 1 saturated heterocycles. The highest BCUT2D eigenvalue weighted by Crippen LogP contribution is 2.35. The summed E-state index contributed by atoms with van der Waals surface area (Å²) < 4.78 is 55.2. The molecule has 2 aromatic rings. The molecule has 0 saturated carbocycles. The second-order valence-corrected chi connectivity index (χ2v) is 8.25. The minimum Gasteiger partial charge on any atom is -0.385 e. The number of alkyl halides is 3. The number of aromatic nitrogens is 2. The zero-order valence-electron chi connectivity index (χ0n) is 19.4. The number of hydrogen-bond donors (Lipinski definition) is 3. The van der Waals surface area contributed by atoms with E-state index >= 15 is 0 Å². The van der Waals surface area contributed by atoms with Gasteiger partial charge in [0.2, 0.25) is 0 Å². The molecule has 1 aliphatic heterocycles. The van der Waals surface area contributed by atoms with Gasteiger partial charge < -0.3 is 26.7 Å². The van der Waals surface area contributed by atoms with Gasteiger partial charge in [0.15, 0.2) is 0 Å². The van der Waals surface area contributed by atoms with Crippen molar-refractivity contribution in [1.82, 2.24) is 14.5 Å². The molecule has 0 aliphatic carbocycles. The molecule has 1 aromatic carbocycles. The number of nitrogens with two attached hydrogens (primary N) is 3. The van der Waals surface area contributed by atoms with Gasteiger partial charge in [-0.15, -0.1) is 0 Å². The van der Waals surface area contributed by atoms with Crippen molar-refractivity contribution in [2.24, 2.45) is 22.2 Å². The summed E-state index contributed by atoms with van der Waals surface area (Å²) in [5, 5.41) is 0. The van der Waals surface area contributed by atoms with Crippen LogP contribution >= 0.6 is 0 Å². The van der Waals surface area contributed by atoms with Crippen molar-refractivity contribution >= 4 is 5.84 Å². The van der Waals surface area contributed by atoms with Crippen molar-refractivity contribution in [1.29, 1.82) is 0 Å². The summed E-state index contributed by atoms with van der Waals surface area (Å²) >= 11 is 0. The molecule has 186 valence electrons. The first-order chi connectivity index (χ1) is 16.1. The van der Waals surface area contributed by atoms with Crippen LogP contribution in [0.3, 0.4) is 0 Å². The normalized spacial score (nSPS) is 16.7. The minimum absolute atomic E-state index is 0.0779. The molecule has 34 heavy (non-hydrogen) atoms. The maximum Gasteiger partial charge on any atom is 0.419 e. The van der Waals surface area contributed by atoms with Crippen molar-refractivity contribution in [3.63, 3.8) is 0 Å². The lowest BCUT2D eigenvalue weighted by molar-refractivity contribution is -0.139. The average molecular weight is 482 g/mol. The largest absolute Gasteiger partial charge is 0.419 e. The molecule has 0 spiro atoms. The highest BCUT2D eigenvalue weighted by atomic mass is 19.4. The molecule has 1 fully saturated rings. The second kappa shape index (κ2) is 10.5. The van der Waals surface area contributed by atoms with Gasteiger partial charge in [0.25, 0.3) is 0 Å². The van der Waals surface area contributed by atoms with Gasteiger partial charge in [0.05, 0.1) is 11.3 Å². The van der Waals surface area contributed by atoms with Crippen LogP contribution in [0, 0.1) is 5.82 Å². The molecular weight excluding hydrogens is 450 g/mol. The van der Waals surface area contributed by atoms with Crippen LogP contribution in [0.4, 0.5) is 17.6 Å². The molecular formula is C23H31F4N7. The van der Waals surface area contributed by atoms with E-state index in [1.165, 1.54) is 6.07 Å². The number of likely N-dealkylation sites (tertiary alicyclic amines) is 1. The predicted molar refractivity (Wildman–Crippen MR) is 124 cm³/mol. The van der Waals surface area contributed by atoms with E-state index < -0.39 is 17.6 Å². The van der Waals surface area contributed by atoms with Crippen LogP contribution in [0.5, 0.6) is 0 Å². The number of halogens is 4. The van der Waals surface area contributed by atoms with E-state index in [2.05, 4.69) is 14.9 Å². The van der Waals surface area contributed by atoms with E-state index in [9.17, 15) is 17.6 Å². The van der Waals surface area contributed by atoms with Crippen molar-refractivity contribution in [2.75, 3.05) is 26.7 Å². The smallest absolute Gasteiger partial charge is 0.385 e. The summed E-state index contributed by atoms with van der Waals surface area (Å²) in [6.07, 6.45) is -0.939. The number of benzene rings is 1. The molecule has 0 atom stereocenters. The fraction of sp³-hybridized carbons (Fsp3) is 0.478. The first-order valence-corrected chi connectivity index (χ1v) is 11.2. The van der Waals surface area contributed by atoms with Gasteiger partial charge in [0.1, 0.15) is 23.3 Å². The van der Waals surface area contributed by atoms with Crippen LogP contribution in [-0.4, -0.2) is 47.0 Å². The van der Waals surface area contributed by atoms with Crippen LogP contribution < -0.4 is 17.2 Å².